The molecular weight excluding hydrogens is 128 g/mol. The van der Waals surface area contributed by atoms with Gasteiger partial charge in [-0.15, -0.1) is 0 Å². The van der Waals surface area contributed by atoms with Gasteiger partial charge in [-0.2, -0.15) is 0 Å². The molecule has 1 atom stereocenters. The Morgan fingerprint density at radius 1 is 1.50 bits per heavy atom. The van der Waals surface area contributed by atoms with E-state index in [9.17, 15) is 0 Å². The molecule has 3 heteroatoms. The number of nitrogens with two attached hydrogens (primary N) is 1. The lowest BCUT2D eigenvalue weighted by molar-refractivity contribution is 0.183. The number of methoxy groups -OCH3 is 1. The van der Waals surface area contributed by atoms with Crippen LogP contribution in [-0.4, -0.2) is 33.4 Å². The van der Waals surface area contributed by atoms with Crippen LogP contribution in [0.5, 0.6) is 0 Å². The van der Waals surface area contributed by atoms with E-state index < -0.39 is 0 Å². The molecular formula is C7H18N2O. The molecule has 0 aromatic heterocycles. The Morgan fingerprint density at radius 3 is 2.60 bits per heavy atom. The van der Waals surface area contributed by atoms with Crippen LogP contribution >= 0.6 is 0 Å². The molecule has 3 N–H and O–H groups in total. The van der Waals surface area contributed by atoms with Crippen molar-refractivity contribution in [2.45, 2.75) is 18.9 Å². The lowest BCUT2D eigenvalue weighted by Gasteiger charge is -2.13. The molecule has 0 aromatic rings. The lowest BCUT2D eigenvalue weighted by atomic mass is 10.1. The summed E-state index contributed by atoms with van der Waals surface area (Å²) in [4.78, 5) is 0. The summed E-state index contributed by atoms with van der Waals surface area (Å²) in [6.45, 7) is 1.56. The summed E-state index contributed by atoms with van der Waals surface area (Å²) >= 11 is 0. The molecule has 0 rings (SSSR count). The molecule has 0 bridgehead atoms. The lowest BCUT2D eigenvalue weighted by Crippen LogP contribution is -2.29. The molecule has 0 amide bonds. The maximum Gasteiger partial charge on any atom is 0.0477 e. The Kier molecular flexibility index (Phi) is 6.91. The zero-order valence-electron chi connectivity index (χ0n) is 6.89. The van der Waals surface area contributed by atoms with E-state index in [0.717, 1.165) is 26.0 Å². The SMILES string of the molecule is CNC(CCN)CCOC. The zero-order valence-corrected chi connectivity index (χ0v) is 6.89. The minimum atomic E-state index is 0.518. The van der Waals surface area contributed by atoms with Crippen molar-refractivity contribution in [2.75, 3.05) is 27.3 Å². The molecule has 0 aliphatic carbocycles. The Labute approximate surface area is 62.9 Å². The Bertz CT molecular complexity index is 68.6. The molecule has 3 nitrogen and oxygen atoms in total. The van der Waals surface area contributed by atoms with E-state index in [1.807, 2.05) is 7.05 Å². The van der Waals surface area contributed by atoms with Gasteiger partial charge in [-0.25, -0.2) is 0 Å². The minimum absolute atomic E-state index is 0.518. The van der Waals surface area contributed by atoms with Gasteiger partial charge in [-0.3, -0.25) is 0 Å². The summed E-state index contributed by atoms with van der Waals surface area (Å²) in [6.07, 6.45) is 2.07. The van der Waals surface area contributed by atoms with E-state index in [4.69, 9.17) is 10.5 Å². The highest BCUT2D eigenvalue weighted by Gasteiger charge is 2.02. The van der Waals surface area contributed by atoms with Crippen LogP contribution in [0.25, 0.3) is 0 Å². The van der Waals surface area contributed by atoms with Crippen LogP contribution in [0.4, 0.5) is 0 Å². The zero-order chi connectivity index (χ0) is 7.82. The van der Waals surface area contributed by atoms with Crippen LogP contribution in [0.2, 0.25) is 0 Å². The number of hydrogen-bond acceptors (Lipinski definition) is 3. The van der Waals surface area contributed by atoms with E-state index in [0.29, 0.717) is 6.04 Å². The number of rotatable bonds is 6. The molecule has 0 saturated heterocycles. The summed E-state index contributed by atoms with van der Waals surface area (Å²) < 4.78 is 4.94. The summed E-state index contributed by atoms with van der Waals surface area (Å²) in [7, 11) is 3.67. The average molecular weight is 146 g/mol. The molecule has 1 unspecified atom stereocenters. The average Bonchev–Trinajstić information content (AvgIpc) is 1.98. The molecule has 0 aliphatic heterocycles. The standard InChI is InChI=1S/C7H18N2O/c1-9-7(3-5-8)4-6-10-2/h7,9H,3-6,8H2,1-2H3. The number of nitrogens with one attached hydrogen (secondary N) is 1. The molecule has 0 heterocycles. The van der Waals surface area contributed by atoms with Gasteiger partial charge >= 0.3 is 0 Å². The van der Waals surface area contributed by atoms with Gasteiger partial charge in [0.15, 0.2) is 0 Å². The molecule has 0 aromatic carbocycles. The Morgan fingerprint density at radius 2 is 2.20 bits per heavy atom. The van der Waals surface area contributed by atoms with Crippen molar-refractivity contribution in [3.05, 3.63) is 0 Å². The monoisotopic (exact) mass is 146 g/mol. The second kappa shape index (κ2) is 6.99. The first-order valence-electron chi connectivity index (χ1n) is 3.71. The second-order valence-corrected chi connectivity index (χ2v) is 2.34. The van der Waals surface area contributed by atoms with Gasteiger partial charge in [0.05, 0.1) is 0 Å². The van der Waals surface area contributed by atoms with Crippen molar-refractivity contribution in [3.63, 3.8) is 0 Å². The van der Waals surface area contributed by atoms with E-state index in [1.54, 1.807) is 7.11 Å². The van der Waals surface area contributed by atoms with Crippen molar-refractivity contribution in [2.24, 2.45) is 5.73 Å². The highest BCUT2D eigenvalue weighted by Crippen LogP contribution is 1.95. The smallest absolute Gasteiger partial charge is 0.0477 e. The van der Waals surface area contributed by atoms with Crippen molar-refractivity contribution < 1.29 is 4.74 Å². The molecule has 0 saturated carbocycles. The maximum absolute atomic E-state index is 5.40. The largest absolute Gasteiger partial charge is 0.385 e. The first kappa shape index (κ1) is 9.88. The predicted molar refractivity (Wildman–Crippen MR) is 43.0 cm³/mol. The first-order chi connectivity index (χ1) is 4.85. The first-order valence-corrected chi connectivity index (χ1v) is 3.71. The van der Waals surface area contributed by atoms with Crippen LogP contribution in [0.3, 0.4) is 0 Å². The third kappa shape index (κ3) is 4.73. The molecule has 0 radical (unpaired) electrons. The fourth-order valence-corrected chi connectivity index (χ4v) is 0.894. The van der Waals surface area contributed by atoms with Gasteiger partial charge in [0.1, 0.15) is 0 Å². The second-order valence-electron chi connectivity index (χ2n) is 2.34. The number of ether oxygens (including phenoxy) is 1. The predicted octanol–water partition coefficient (Wildman–Crippen LogP) is -0.0403. The van der Waals surface area contributed by atoms with Crippen molar-refractivity contribution in [3.8, 4) is 0 Å². The van der Waals surface area contributed by atoms with Crippen molar-refractivity contribution >= 4 is 0 Å². The molecule has 0 spiro atoms. The van der Waals surface area contributed by atoms with Gasteiger partial charge in [0.25, 0.3) is 0 Å². The summed E-state index contributed by atoms with van der Waals surface area (Å²) in [5.74, 6) is 0. The fraction of sp³-hybridized carbons (Fsp3) is 1.00. The van der Waals surface area contributed by atoms with Crippen LogP contribution in [0.1, 0.15) is 12.8 Å². The third-order valence-corrected chi connectivity index (χ3v) is 1.59. The summed E-state index contributed by atoms with van der Waals surface area (Å²) in [5.41, 5.74) is 5.40. The van der Waals surface area contributed by atoms with Crippen molar-refractivity contribution in [1.82, 2.24) is 5.32 Å². The van der Waals surface area contributed by atoms with E-state index in [1.165, 1.54) is 0 Å². The van der Waals surface area contributed by atoms with Gasteiger partial charge in [0, 0.05) is 19.8 Å². The van der Waals surface area contributed by atoms with E-state index >= 15 is 0 Å². The Balaban J connectivity index is 3.21. The highest BCUT2D eigenvalue weighted by atomic mass is 16.5. The van der Waals surface area contributed by atoms with Gasteiger partial charge in [-0.05, 0) is 26.4 Å². The molecule has 0 fully saturated rings. The third-order valence-electron chi connectivity index (χ3n) is 1.59. The molecule has 10 heavy (non-hydrogen) atoms. The highest BCUT2D eigenvalue weighted by molar-refractivity contribution is 4.63. The van der Waals surface area contributed by atoms with Crippen LogP contribution < -0.4 is 11.1 Å². The minimum Gasteiger partial charge on any atom is -0.385 e. The quantitative estimate of drug-likeness (QED) is 0.553. The Hall–Kier alpha value is -0.120. The van der Waals surface area contributed by atoms with Gasteiger partial charge in [-0.1, -0.05) is 0 Å². The molecule has 0 aliphatic rings. The summed E-state index contributed by atoms with van der Waals surface area (Å²) in [6, 6.07) is 0.518. The van der Waals surface area contributed by atoms with Gasteiger partial charge in [0.2, 0.25) is 0 Å². The topological polar surface area (TPSA) is 47.3 Å². The van der Waals surface area contributed by atoms with Crippen LogP contribution in [0, 0.1) is 0 Å². The van der Waals surface area contributed by atoms with E-state index in [-0.39, 0.29) is 0 Å². The van der Waals surface area contributed by atoms with Crippen LogP contribution in [-0.2, 0) is 4.74 Å². The van der Waals surface area contributed by atoms with Gasteiger partial charge < -0.3 is 15.8 Å². The normalized spacial score (nSPS) is 13.5. The van der Waals surface area contributed by atoms with E-state index in [2.05, 4.69) is 5.32 Å². The summed E-state index contributed by atoms with van der Waals surface area (Å²) in [5, 5.41) is 3.18. The fourth-order valence-electron chi connectivity index (χ4n) is 0.894. The van der Waals surface area contributed by atoms with Crippen LogP contribution in [0.15, 0.2) is 0 Å². The van der Waals surface area contributed by atoms with Crippen molar-refractivity contribution in [1.29, 1.82) is 0 Å². The molecule has 62 valence electrons. The number of hydrogen-bond donors (Lipinski definition) is 2. The maximum atomic E-state index is 5.40.